The Labute approximate surface area is 116 Å². The molecule has 1 unspecified atom stereocenters. The second kappa shape index (κ2) is 7.68. The summed E-state index contributed by atoms with van der Waals surface area (Å²) in [5, 5.41) is 21.6. The normalized spacial score (nSPS) is 14.1. The van der Waals surface area contributed by atoms with Crippen LogP contribution in [0.1, 0.15) is 19.8 Å². The van der Waals surface area contributed by atoms with Gasteiger partial charge in [-0.2, -0.15) is 0 Å². The lowest BCUT2D eigenvalue weighted by Crippen LogP contribution is -2.49. The van der Waals surface area contributed by atoms with Crippen LogP contribution in [0, 0.1) is 0 Å². The highest BCUT2D eigenvalue weighted by Gasteiger charge is 2.22. The fourth-order valence-electron chi connectivity index (χ4n) is 1.44. The number of hydrogen-bond donors (Lipinski definition) is 4. The summed E-state index contributed by atoms with van der Waals surface area (Å²) in [6, 6.07) is -2.91. The summed E-state index contributed by atoms with van der Waals surface area (Å²) in [6.45, 7) is 1.45. The van der Waals surface area contributed by atoms with Crippen molar-refractivity contribution in [1.82, 2.24) is 10.6 Å². The molecule has 0 rings (SSSR count). The largest absolute Gasteiger partial charge is 0.481 e. The highest BCUT2D eigenvalue weighted by Crippen LogP contribution is 1.98. The van der Waals surface area contributed by atoms with Crippen LogP contribution in [0.2, 0.25) is 0 Å². The summed E-state index contributed by atoms with van der Waals surface area (Å²) in [5.74, 6) is -2.83. The summed E-state index contributed by atoms with van der Waals surface area (Å²) in [5.41, 5.74) is 0. The van der Waals surface area contributed by atoms with E-state index in [1.54, 1.807) is 0 Å². The number of nitrogens with one attached hydrogen (secondary N) is 2. The van der Waals surface area contributed by atoms with E-state index in [1.165, 1.54) is 6.92 Å². The van der Waals surface area contributed by atoms with Crippen molar-refractivity contribution in [2.45, 2.75) is 31.8 Å². The van der Waals surface area contributed by atoms with Gasteiger partial charge in [0.1, 0.15) is 15.9 Å². The molecule has 0 saturated carbocycles. The summed E-state index contributed by atoms with van der Waals surface area (Å²) >= 11 is 0. The van der Waals surface area contributed by atoms with E-state index in [4.69, 9.17) is 10.2 Å². The van der Waals surface area contributed by atoms with Crippen LogP contribution in [0.25, 0.3) is 0 Å². The molecule has 9 nitrogen and oxygen atoms in total. The third-order valence-electron chi connectivity index (χ3n) is 2.18. The van der Waals surface area contributed by atoms with Crippen molar-refractivity contribution in [3.63, 3.8) is 0 Å². The second-order valence-corrected chi connectivity index (χ2v) is 6.62. The Kier molecular flexibility index (Phi) is 6.97. The first kappa shape index (κ1) is 18.2. The Morgan fingerprint density at radius 1 is 1.15 bits per heavy atom. The van der Waals surface area contributed by atoms with Crippen molar-refractivity contribution in [2.24, 2.45) is 0 Å². The number of aliphatic carboxylic acids is 2. The van der Waals surface area contributed by atoms with Crippen LogP contribution in [0.15, 0.2) is 0 Å². The topological polar surface area (TPSA) is 150 Å². The SMILES string of the molecule is CC(CS(C)(=O)=O)NC(=O)N[C@@H](CCC(=O)O)C(=O)O. The maximum atomic E-state index is 11.5. The van der Waals surface area contributed by atoms with Gasteiger partial charge in [0.2, 0.25) is 0 Å². The van der Waals surface area contributed by atoms with E-state index in [1.807, 2.05) is 0 Å². The molecule has 0 aliphatic carbocycles. The van der Waals surface area contributed by atoms with Crippen molar-refractivity contribution in [1.29, 1.82) is 0 Å². The molecule has 0 aliphatic heterocycles. The van der Waals surface area contributed by atoms with Crippen LogP contribution < -0.4 is 10.6 Å². The molecule has 116 valence electrons. The van der Waals surface area contributed by atoms with Gasteiger partial charge < -0.3 is 20.8 Å². The van der Waals surface area contributed by atoms with Crippen molar-refractivity contribution in [3.05, 3.63) is 0 Å². The lowest BCUT2D eigenvalue weighted by atomic mass is 10.1. The standard InChI is InChI=1S/C10H18N2O7S/c1-6(5-20(2,18)19)11-10(17)12-7(9(15)16)3-4-8(13)14/h6-7H,3-5H2,1-2H3,(H,13,14)(H,15,16)(H2,11,12,17)/t6?,7-/m0/s1. The zero-order chi connectivity index (χ0) is 15.9. The van der Waals surface area contributed by atoms with E-state index < -0.39 is 46.3 Å². The predicted molar refractivity (Wildman–Crippen MR) is 69.1 cm³/mol. The molecule has 0 bridgehead atoms. The first-order chi connectivity index (χ1) is 9.01. The third-order valence-corrected chi connectivity index (χ3v) is 3.29. The zero-order valence-electron chi connectivity index (χ0n) is 11.1. The number of carboxylic acids is 2. The lowest BCUT2D eigenvalue weighted by Gasteiger charge is -2.17. The minimum atomic E-state index is -3.27. The number of sulfone groups is 1. The summed E-state index contributed by atoms with van der Waals surface area (Å²) < 4.78 is 22.0. The van der Waals surface area contributed by atoms with E-state index in [9.17, 15) is 22.8 Å². The monoisotopic (exact) mass is 310 g/mol. The van der Waals surface area contributed by atoms with Gasteiger partial charge >= 0.3 is 18.0 Å². The molecule has 20 heavy (non-hydrogen) atoms. The quantitative estimate of drug-likeness (QED) is 0.450. The van der Waals surface area contributed by atoms with E-state index >= 15 is 0 Å². The molecule has 2 atom stereocenters. The van der Waals surface area contributed by atoms with Crippen LogP contribution in [0.3, 0.4) is 0 Å². The van der Waals surface area contributed by atoms with Gasteiger partial charge in [-0.05, 0) is 13.3 Å². The highest BCUT2D eigenvalue weighted by atomic mass is 32.2. The van der Waals surface area contributed by atoms with Crippen molar-refractivity contribution in [2.75, 3.05) is 12.0 Å². The number of carboxylic acid groups (broad SMARTS) is 2. The van der Waals surface area contributed by atoms with Gasteiger partial charge in [0.25, 0.3) is 0 Å². The van der Waals surface area contributed by atoms with E-state index in [-0.39, 0.29) is 12.2 Å². The molecule has 0 fully saturated rings. The van der Waals surface area contributed by atoms with E-state index in [0.29, 0.717) is 0 Å². The predicted octanol–water partition coefficient (Wildman–Crippen LogP) is -0.963. The number of carbonyl (C=O) groups excluding carboxylic acids is 1. The first-order valence-corrected chi connectivity index (χ1v) is 7.76. The van der Waals surface area contributed by atoms with Gasteiger partial charge in [-0.3, -0.25) is 4.79 Å². The molecule has 2 amide bonds. The molecular formula is C10H18N2O7S. The number of rotatable bonds is 8. The smallest absolute Gasteiger partial charge is 0.326 e. The first-order valence-electron chi connectivity index (χ1n) is 5.70. The Hall–Kier alpha value is -1.84. The molecule has 0 heterocycles. The maximum Gasteiger partial charge on any atom is 0.326 e. The van der Waals surface area contributed by atoms with Gasteiger partial charge in [0, 0.05) is 18.7 Å². The van der Waals surface area contributed by atoms with Gasteiger partial charge in [0.15, 0.2) is 0 Å². The molecule has 0 saturated heterocycles. The number of urea groups is 1. The summed E-state index contributed by atoms with van der Waals surface area (Å²) in [4.78, 5) is 32.7. The van der Waals surface area contributed by atoms with Crippen molar-refractivity contribution < 1.29 is 33.0 Å². The van der Waals surface area contributed by atoms with Gasteiger partial charge in [-0.15, -0.1) is 0 Å². The molecule has 0 aromatic carbocycles. The average Bonchev–Trinajstić information content (AvgIpc) is 2.20. The highest BCUT2D eigenvalue weighted by molar-refractivity contribution is 7.90. The Balaban J connectivity index is 4.39. The van der Waals surface area contributed by atoms with Crippen LogP contribution >= 0.6 is 0 Å². The van der Waals surface area contributed by atoms with Crippen LogP contribution in [0.5, 0.6) is 0 Å². The Morgan fingerprint density at radius 3 is 2.10 bits per heavy atom. The molecule has 0 aromatic rings. The number of amides is 2. The fraction of sp³-hybridized carbons (Fsp3) is 0.700. The van der Waals surface area contributed by atoms with Crippen LogP contribution in [-0.2, 0) is 19.4 Å². The lowest BCUT2D eigenvalue weighted by molar-refractivity contribution is -0.140. The molecule has 0 radical (unpaired) electrons. The van der Waals surface area contributed by atoms with Crippen molar-refractivity contribution >= 4 is 27.8 Å². The van der Waals surface area contributed by atoms with Crippen LogP contribution in [0.4, 0.5) is 4.79 Å². The van der Waals surface area contributed by atoms with E-state index in [0.717, 1.165) is 6.26 Å². The Bertz CT molecular complexity index is 474. The van der Waals surface area contributed by atoms with Crippen LogP contribution in [-0.4, -0.2) is 60.7 Å². The van der Waals surface area contributed by atoms with Gasteiger partial charge in [-0.1, -0.05) is 0 Å². The van der Waals surface area contributed by atoms with Crippen molar-refractivity contribution in [3.8, 4) is 0 Å². The molecular weight excluding hydrogens is 292 g/mol. The number of hydrogen-bond acceptors (Lipinski definition) is 5. The molecule has 0 aliphatic rings. The number of carbonyl (C=O) groups is 3. The minimum absolute atomic E-state index is 0.265. The molecule has 0 aromatic heterocycles. The van der Waals surface area contributed by atoms with Gasteiger partial charge in [0.05, 0.1) is 5.75 Å². The molecule has 0 spiro atoms. The second-order valence-electron chi connectivity index (χ2n) is 4.43. The maximum absolute atomic E-state index is 11.5. The summed E-state index contributed by atoms with van der Waals surface area (Å²) in [7, 11) is -3.27. The Morgan fingerprint density at radius 2 is 1.70 bits per heavy atom. The fourth-order valence-corrected chi connectivity index (χ4v) is 2.44. The molecule has 4 N–H and O–H groups in total. The average molecular weight is 310 g/mol. The summed E-state index contributed by atoms with van der Waals surface area (Å²) in [6.07, 6.45) is 0.338. The van der Waals surface area contributed by atoms with E-state index in [2.05, 4.69) is 10.6 Å². The minimum Gasteiger partial charge on any atom is -0.481 e. The zero-order valence-corrected chi connectivity index (χ0v) is 11.9. The third kappa shape index (κ3) is 9.14. The molecule has 10 heteroatoms. The van der Waals surface area contributed by atoms with Gasteiger partial charge in [-0.25, -0.2) is 18.0 Å².